The largest absolute Gasteiger partial charge is 0.273 e. The van der Waals surface area contributed by atoms with Crippen LogP contribution in [0.15, 0.2) is 78.9 Å². The van der Waals surface area contributed by atoms with Crippen molar-refractivity contribution in [3.05, 3.63) is 95.0 Å². The van der Waals surface area contributed by atoms with Crippen LogP contribution in [0.1, 0.15) is 17.2 Å². The van der Waals surface area contributed by atoms with Crippen molar-refractivity contribution >= 4 is 34.8 Å². The van der Waals surface area contributed by atoms with Crippen molar-refractivity contribution in [3.8, 4) is 0 Å². The average molecular weight is 419 g/mol. The van der Waals surface area contributed by atoms with Crippen LogP contribution in [0.4, 0.5) is 11.4 Å². The molecule has 3 aromatic rings. The number of hydrogen-bond acceptors (Lipinski definition) is 4. The van der Waals surface area contributed by atoms with Gasteiger partial charge in [0.05, 0.1) is 17.4 Å². The second kappa shape index (κ2) is 7.27. The van der Waals surface area contributed by atoms with Crippen LogP contribution in [-0.2, 0) is 14.4 Å². The Morgan fingerprint density at radius 3 is 2.23 bits per heavy atom. The Morgan fingerprint density at radius 2 is 1.53 bits per heavy atom. The number of halogens is 1. The summed E-state index contributed by atoms with van der Waals surface area (Å²) in [5, 5.41) is 2.16. The average Bonchev–Trinajstić information content (AvgIpc) is 3.26. The second-order valence-electron chi connectivity index (χ2n) is 7.56. The van der Waals surface area contributed by atoms with Gasteiger partial charge < -0.3 is 0 Å². The fourth-order valence-corrected chi connectivity index (χ4v) is 4.37. The molecule has 2 fully saturated rings. The van der Waals surface area contributed by atoms with Gasteiger partial charge in [-0.3, -0.25) is 14.4 Å². The number of carbonyl (C=O) groups excluding carboxylic acids is 2. The fraction of sp³-hybridized carbons (Fsp3) is 0.167. The zero-order chi connectivity index (χ0) is 20.8. The van der Waals surface area contributed by atoms with Crippen molar-refractivity contribution in [2.75, 3.05) is 9.96 Å². The number of anilines is 2. The molecule has 0 radical (unpaired) electrons. The van der Waals surface area contributed by atoms with Gasteiger partial charge in [0.1, 0.15) is 5.92 Å². The maximum atomic E-state index is 13.5. The molecule has 3 aromatic carbocycles. The van der Waals surface area contributed by atoms with E-state index in [1.807, 2.05) is 61.5 Å². The molecule has 30 heavy (non-hydrogen) atoms. The SMILES string of the molecule is Cc1ccc([C@H]2[C@H]3C(=O)N(c4cccc(Cl)c4)C(=O)[C@@H]3ON2c2ccccc2)cc1. The molecule has 2 saturated heterocycles. The lowest BCUT2D eigenvalue weighted by molar-refractivity contribution is -0.126. The Bertz CT molecular complexity index is 1120. The van der Waals surface area contributed by atoms with E-state index >= 15 is 0 Å². The highest BCUT2D eigenvalue weighted by atomic mass is 35.5. The molecule has 2 aliphatic rings. The number of rotatable bonds is 3. The van der Waals surface area contributed by atoms with Gasteiger partial charge in [0.15, 0.2) is 6.10 Å². The van der Waals surface area contributed by atoms with E-state index in [0.717, 1.165) is 16.8 Å². The zero-order valence-electron chi connectivity index (χ0n) is 16.2. The highest BCUT2D eigenvalue weighted by Gasteiger charge is 2.60. The Balaban J connectivity index is 1.59. The summed E-state index contributed by atoms with van der Waals surface area (Å²) in [6, 6.07) is 23.9. The molecule has 5 rings (SSSR count). The molecule has 0 unspecified atom stereocenters. The van der Waals surface area contributed by atoms with Gasteiger partial charge in [-0.1, -0.05) is 65.7 Å². The van der Waals surface area contributed by atoms with E-state index in [1.165, 1.54) is 4.90 Å². The number of imide groups is 1. The minimum atomic E-state index is -0.886. The van der Waals surface area contributed by atoms with Crippen molar-refractivity contribution in [2.45, 2.75) is 19.1 Å². The third-order valence-corrected chi connectivity index (χ3v) is 5.85. The molecule has 2 aliphatic heterocycles. The van der Waals surface area contributed by atoms with Gasteiger partial charge in [0, 0.05) is 5.02 Å². The van der Waals surface area contributed by atoms with Crippen LogP contribution >= 0.6 is 11.6 Å². The summed E-state index contributed by atoms with van der Waals surface area (Å²) < 4.78 is 0. The molecule has 3 atom stereocenters. The lowest BCUT2D eigenvalue weighted by atomic mass is 9.90. The number of para-hydroxylation sites is 1. The summed E-state index contributed by atoms with van der Waals surface area (Å²) in [5.41, 5.74) is 3.30. The van der Waals surface area contributed by atoms with Crippen LogP contribution in [0, 0.1) is 12.8 Å². The summed E-state index contributed by atoms with van der Waals surface area (Å²) in [7, 11) is 0. The predicted octanol–water partition coefficient (Wildman–Crippen LogP) is 4.70. The number of aryl methyl sites for hydroxylation is 1. The van der Waals surface area contributed by atoms with Crippen molar-refractivity contribution in [3.63, 3.8) is 0 Å². The molecular weight excluding hydrogens is 400 g/mol. The van der Waals surface area contributed by atoms with Gasteiger partial charge in [0.2, 0.25) is 5.91 Å². The van der Waals surface area contributed by atoms with E-state index in [-0.39, 0.29) is 11.8 Å². The van der Waals surface area contributed by atoms with Crippen molar-refractivity contribution in [2.24, 2.45) is 5.92 Å². The molecule has 0 spiro atoms. The minimum absolute atomic E-state index is 0.281. The summed E-state index contributed by atoms with van der Waals surface area (Å²) in [6.07, 6.45) is -0.886. The fourth-order valence-electron chi connectivity index (χ4n) is 4.19. The monoisotopic (exact) mass is 418 g/mol. The van der Waals surface area contributed by atoms with Gasteiger partial charge in [-0.15, -0.1) is 0 Å². The summed E-state index contributed by atoms with van der Waals surface area (Å²) in [5.74, 6) is -1.31. The lowest BCUT2D eigenvalue weighted by Gasteiger charge is -2.28. The maximum Gasteiger partial charge on any atom is 0.266 e. The number of hydrogen-bond donors (Lipinski definition) is 0. The standard InChI is InChI=1S/C24H19ClN2O3/c1-15-10-12-16(13-11-15)21-20-22(30-27(21)18-7-3-2-4-8-18)24(29)26(23(20)28)19-9-5-6-17(25)14-19/h2-14,20-22H,1H3/t20-,21+,22-/m1/s1. The van der Waals surface area contributed by atoms with E-state index in [1.54, 1.807) is 29.3 Å². The first-order valence-corrected chi connectivity index (χ1v) is 10.1. The van der Waals surface area contributed by atoms with Gasteiger partial charge >= 0.3 is 0 Å². The van der Waals surface area contributed by atoms with Gasteiger partial charge in [-0.25, -0.2) is 9.96 Å². The summed E-state index contributed by atoms with van der Waals surface area (Å²) >= 11 is 6.09. The third-order valence-electron chi connectivity index (χ3n) is 5.61. The number of carbonyl (C=O) groups is 2. The molecule has 150 valence electrons. The second-order valence-corrected chi connectivity index (χ2v) is 8.00. The molecule has 0 aromatic heterocycles. The number of benzene rings is 3. The first-order chi connectivity index (χ1) is 14.5. The Kier molecular flexibility index (Phi) is 4.57. The van der Waals surface area contributed by atoms with Gasteiger partial charge in [-0.05, 0) is 42.8 Å². The molecule has 2 heterocycles. The van der Waals surface area contributed by atoms with E-state index in [9.17, 15) is 9.59 Å². The van der Waals surface area contributed by atoms with Crippen molar-refractivity contribution in [1.82, 2.24) is 0 Å². The quantitative estimate of drug-likeness (QED) is 0.578. The summed E-state index contributed by atoms with van der Waals surface area (Å²) in [6.45, 7) is 2.01. The molecular formula is C24H19ClN2O3. The molecule has 0 aliphatic carbocycles. The predicted molar refractivity (Wildman–Crippen MR) is 115 cm³/mol. The molecule has 0 N–H and O–H groups in total. The van der Waals surface area contributed by atoms with Crippen molar-refractivity contribution < 1.29 is 14.4 Å². The van der Waals surface area contributed by atoms with E-state index < -0.39 is 18.1 Å². The Labute approximate surface area is 179 Å². The number of amides is 2. The molecule has 0 saturated carbocycles. The maximum absolute atomic E-state index is 13.5. The van der Waals surface area contributed by atoms with Gasteiger partial charge in [-0.2, -0.15) is 0 Å². The van der Waals surface area contributed by atoms with Gasteiger partial charge in [0.25, 0.3) is 5.91 Å². The van der Waals surface area contributed by atoms with Crippen LogP contribution < -0.4 is 9.96 Å². The van der Waals surface area contributed by atoms with Crippen LogP contribution in [0.5, 0.6) is 0 Å². The highest BCUT2D eigenvalue weighted by Crippen LogP contribution is 2.47. The Hall–Kier alpha value is -3.15. The van der Waals surface area contributed by atoms with Crippen LogP contribution in [0.3, 0.4) is 0 Å². The first-order valence-electron chi connectivity index (χ1n) is 9.75. The third kappa shape index (κ3) is 2.98. The van der Waals surface area contributed by atoms with Crippen LogP contribution in [0.2, 0.25) is 5.02 Å². The minimum Gasteiger partial charge on any atom is -0.273 e. The normalized spacial score (nSPS) is 23.2. The van der Waals surface area contributed by atoms with E-state index in [4.69, 9.17) is 16.4 Å². The molecule has 5 nitrogen and oxygen atoms in total. The number of nitrogens with zero attached hydrogens (tertiary/aromatic N) is 2. The van der Waals surface area contributed by atoms with E-state index in [0.29, 0.717) is 10.7 Å². The summed E-state index contributed by atoms with van der Waals surface area (Å²) in [4.78, 5) is 34.0. The van der Waals surface area contributed by atoms with Crippen LogP contribution in [-0.4, -0.2) is 17.9 Å². The van der Waals surface area contributed by atoms with Crippen LogP contribution in [0.25, 0.3) is 0 Å². The van der Waals surface area contributed by atoms with Crippen molar-refractivity contribution in [1.29, 1.82) is 0 Å². The highest BCUT2D eigenvalue weighted by molar-refractivity contribution is 6.31. The number of fused-ring (bicyclic) bond motifs is 1. The zero-order valence-corrected chi connectivity index (χ0v) is 17.0. The smallest absolute Gasteiger partial charge is 0.266 e. The topological polar surface area (TPSA) is 49.9 Å². The Morgan fingerprint density at radius 1 is 0.833 bits per heavy atom. The first kappa shape index (κ1) is 18.9. The lowest BCUT2D eigenvalue weighted by Crippen LogP contribution is -2.37. The molecule has 2 amide bonds. The molecule has 6 heteroatoms. The number of hydroxylamine groups is 1. The molecule has 0 bridgehead atoms. The van der Waals surface area contributed by atoms with E-state index in [2.05, 4.69) is 0 Å².